The average molecular weight is 341 g/mol. The van der Waals surface area contributed by atoms with Gasteiger partial charge in [0, 0.05) is 12.8 Å². The van der Waals surface area contributed by atoms with Gasteiger partial charge in [0.05, 0.1) is 12.2 Å². The number of hydrogen-bond acceptors (Lipinski definition) is 3. The molecule has 1 unspecified atom stereocenters. The molecule has 0 aromatic rings. The van der Waals surface area contributed by atoms with E-state index in [1.54, 1.807) is 0 Å². The van der Waals surface area contributed by atoms with Crippen LogP contribution in [0.4, 0.5) is 0 Å². The third-order valence-corrected chi connectivity index (χ3v) is 6.02. The minimum atomic E-state index is -0.692. The second kappa shape index (κ2) is 10.4. The fourth-order valence-corrected chi connectivity index (χ4v) is 4.71. The molecule has 2 bridgehead atoms. The molecule has 2 fully saturated rings. The third-order valence-electron chi connectivity index (χ3n) is 6.02. The predicted molar refractivity (Wildman–Crippen MR) is 94.6 cm³/mol. The number of aliphatic carboxylic acids is 1. The third kappa shape index (κ3) is 5.73. The molecule has 1 N–H and O–H groups in total. The van der Waals surface area contributed by atoms with Crippen molar-refractivity contribution < 1.29 is 19.7 Å². The summed E-state index contributed by atoms with van der Waals surface area (Å²) in [5.74, 6) is 0.998. The van der Waals surface area contributed by atoms with Crippen LogP contribution in [0.2, 0.25) is 0 Å². The highest BCUT2D eigenvalue weighted by molar-refractivity contribution is 5.66. The van der Waals surface area contributed by atoms with Gasteiger partial charge in [0.2, 0.25) is 0 Å². The molecule has 140 valence electrons. The van der Waals surface area contributed by atoms with Gasteiger partial charge in [0.1, 0.15) is 0 Å². The van der Waals surface area contributed by atoms with Crippen molar-refractivity contribution in [1.29, 1.82) is 0 Å². The largest absolute Gasteiger partial charge is 0.481 e. The quantitative estimate of drug-likeness (QED) is 0.362. The van der Waals surface area contributed by atoms with Gasteiger partial charge in [-0.3, -0.25) is 4.79 Å². The second-order valence-electron chi connectivity index (χ2n) is 7.92. The highest BCUT2D eigenvalue weighted by Gasteiger charge is 2.51. The van der Waals surface area contributed by atoms with E-state index < -0.39 is 5.97 Å². The van der Waals surface area contributed by atoms with E-state index in [1.165, 1.54) is 51.4 Å². The number of carboxylic acid groups (broad SMARTS) is 1. The van der Waals surface area contributed by atoms with Gasteiger partial charge in [-0.1, -0.05) is 65.2 Å². The predicted octanol–water partition coefficient (Wildman–Crippen LogP) is 5.35. The number of carboxylic acids is 1. The summed E-state index contributed by atoms with van der Waals surface area (Å²) in [5.41, 5.74) is 0. The molecular formula is C20H36O4. The van der Waals surface area contributed by atoms with Crippen molar-refractivity contribution in [2.75, 3.05) is 0 Å². The van der Waals surface area contributed by atoms with Crippen molar-refractivity contribution in [2.45, 2.75) is 103 Å². The van der Waals surface area contributed by atoms with Crippen molar-refractivity contribution >= 4 is 5.97 Å². The minimum Gasteiger partial charge on any atom is -0.481 e. The highest BCUT2D eigenvalue weighted by atomic mass is 17.2. The van der Waals surface area contributed by atoms with Crippen LogP contribution in [-0.2, 0) is 14.6 Å². The van der Waals surface area contributed by atoms with Gasteiger partial charge in [-0.2, -0.15) is 0 Å². The molecule has 4 heteroatoms. The lowest BCUT2D eigenvalue weighted by Crippen LogP contribution is -2.34. The van der Waals surface area contributed by atoms with Crippen molar-refractivity contribution in [1.82, 2.24) is 0 Å². The lowest BCUT2D eigenvalue weighted by molar-refractivity contribution is -0.345. The van der Waals surface area contributed by atoms with E-state index in [0.29, 0.717) is 17.8 Å². The minimum absolute atomic E-state index is 0.199. The summed E-state index contributed by atoms with van der Waals surface area (Å²) in [4.78, 5) is 21.7. The zero-order valence-corrected chi connectivity index (χ0v) is 15.5. The first kappa shape index (κ1) is 19.7. The molecule has 0 aromatic carbocycles. The Kier molecular flexibility index (Phi) is 8.54. The van der Waals surface area contributed by atoms with Crippen molar-refractivity contribution in [2.24, 2.45) is 17.8 Å². The van der Waals surface area contributed by atoms with Crippen LogP contribution in [0.25, 0.3) is 0 Å². The molecule has 24 heavy (non-hydrogen) atoms. The molecule has 2 aliphatic rings. The molecule has 1 aliphatic carbocycles. The maximum atomic E-state index is 10.8. The van der Waals surface area contributed by atoms with Crippen LogP contribution < -0.4 is 0 Å². The number of unbranched alkanes of at least 4 members (excludes halogenated alkanes) is 6. The lowest BCUT2D eigenvalue weighted by Gasteiger charge is -2.34. The van der Waals surface area contributed by atoms with Crippen LogP contribution in [0, 0.1) is 17.8 Å². The maximum Gasteiger partial charge on any atom is 0.303 e. The standard InChI is InChI=1S/C20H36O4/c1-3-4-5-6-7-8-9-11-15(2)20-16(12-10-13-19(21)22)17-14-18(20)24-23-17/h15-18,20H,3-14H2,1-2H3,(H,21,22)/t15?,16-,17+,18+,20-/m0/s1. The first-order valence-corrected chi connectivity index (χ1v) is 10.2. The monoisotopic (exact) mass is 340 g/mol. The van der Waals surface area contributed by atoms with Gasteiger partial charge in [0.25, 0.3) is 0 Å². The zero-order chi connectivity index (χ0) is 17.4. The van der Waals surface area contributed by atoms with E-state index in [4.69, 9.17) is 14.9 Å². The van der Waals surface area contributed by atoms with Gasteiger partial charge < -0.3 is 5.11 Å². The van der Waals surface area contributed by atoms with Gasteiger partial charge in [-0.05, 0) is 30.6 Å². The normalized spacial score (nSPS) is 29.9. The summed E-state index contributed by atoms with van der Waals surface area (Å²) < 4.78 is 0. The lowest BCUT2D eigenvalue weighted by atomic mass is 9.78. The molecule has 0 amide bonds. The summed E-state index contributed by atoms with van der Waals surface area (Å²) in [7, 11) is 0. The zero-order valence-electron chi connectivity index (χ0n) is 15.5. The number of fused-ring (bicyclic) bond motifs is 2. The fraction of sp³-hybridized carbons (Fsp3) is 0.950. The van der Waals surface area contributed by atoms with E-state index >= 15 is 0 Å². The number of hydrogen-bond donors (Lipinski definition) is 1. The molecule has 0 spiro atoms. The van der Waals surface area contributed by atoms with E-state index in [-0.39, 0.29) is 18.6 Å². The van der Waals surface area contributed by atoms with Crippen molar-refractivity contribution in [3.63, 3.8) is 0 Å². The van der Waals surface area contributed by atoms with Crippen LogP contribution in [0.15, 0.2) is 0 Å². The van der Waals surface area contributed by atoms with E-state index in [9.17, 15) is 4.79 Å². The molecule has 1 saturated carbocycles. The van der Waals surface area contributed by atoms with Crippen LogP contribution in [0.5, 0.6) is 0 Å². The Bertz CT molecular complexity index is 371. The summed E-state index contributed by atoms with van der Waals surface area (Å²) in [6.07, 6.45) is 14.2. The fourth-order valence-electron chi connectivity index (χ4n) is 4.71. The van der Waals surface area contributed by atoms with Crippen LogP contribution in [0.1, 0.15) is 90.9 Å². The molecule has 5 atom stereocenters. The maximum absolute atomic E-state index is 10.8. The SMILES string of the molecule is CCCCCCCCCC(C)[C@H]1[C@@H](CCCC(=O)O)[C@H]2C[C@H]1OO2. The molecule has 1 saturated heterocycles. The van der Waals surface area contributed by atoms with Crippen LogP contribution in [0.3, 0.4) is 0 Å². The molecule has 0 aromatic heterocycles. The van der Waals surface area contributed by atoms with Crippen molar-refractivity contribution in [3.05, 3.63) is 0 Å². The van der Waals surface area contributed by atoms with E-state index in [2.05, 4.69) is 13.8 Å². The van der Waals surface area contributed by atoms with Crippen molar-refractivity contribution in [3.8, 4) is 0 Å². The first-order valence-electron chi connectivity index (χ1n) is 10.2. The second-order valence-corrected chi connectivity index (χ2v) is 7.92. The Morgan fingerprint density at radius 1 is 1.04 bits per heavy atom. The van der Waals surface area contributed by atoms with Gasteiger partial charge in [-0.15, -0.1) is 0 Å². The Morgan fingerprint density at radius 3 is 2.42 bits per heavy atom. The Morgan fingerprint density at radius 2 is 1.71 bits per heavy atom. The molecule has 1 aliphatic heterocycles. The average Bonchev–Trinajstić information content (AvgIpc) is 3.15. The molecular weight excluding hydrogens is 304 g/mol. The first-order chi connectivity index (χ1) is 11.6. The van der Waals surface area contributed by atoms with Crippen LogP contribution >= 0.6 is 0 Å². The van der Waals surface area contributed by atoms with Gasteiger partial charge in [0.15, 0.2) is 0 Å². The molecule has 4 nitrogen and oxygen atoms in total. The van der Waals surface area contributed by atoms with Gasteiger partial charge >= 0.3 is 5.97 Å². The van der Waals surface area contributed by atoms with Gasteiger partial charge in [-0.25, -0.2) is 9.78 Å². The smallest absolute Gasteiger partial charge is 0.303 e. The topological polar surface area (TPSA) is 55.8 Å². The Balaban J connectivity index is 1.68. The molecule has 1 heterocycles. The summed E-state index contributed by atoms with van der Waals surface area (Å²) >= 11 is 0. The number of rotatable bonds is 13. The Labute approximate surface area is 147 Å². The van der Waals surface area contributed by atoms with E-state index in [0.717, 1.165) is 19.3 Å². The summed E-state index contributed by atoms with van der Waals surface area (Å²) in [6.45, 7) is 4.62. The summed E-state index contributed by atoms with van der Waals surface area (Å²) in [6, 6.07) is 0. The van der Waals surface area contributed by atoms with Crippen LogP contribution in [-0.4, -0.2) is 23.3 Å². The number of carbonyl (C=O) groups is 1. The Hall–Kier alpha value is -0.610. The molecule has 2 rings (SSSR count). The highest BCUT2D eigenvalue weighted by Crippen LogP contribution is 2.48. The van der Waals surface area contributed by atoms with E-state index in [1.807, 2.05) is 0 Å². The summed E-state index contributed by atoms with van der Waals surface area (Å²) in [5, 5.41) is 8.86. The molecule has 0 radical (unpaired) electrons.